The van der Waals surface area contributed by atoms with E-state index in [1.807, 2.05) is 0 Å². The van der Waals surface area contributed by atoms with Crippen molar-refractivity contribution < 1.29 is 68.1 Å². The Morgan fingerprint density at radius 3 is 2.30 bits per heavy atom. The topological polar surface area (TPSA) is 273 Å². The van der Waals surface area contributed by atoms with Crippen LogP contribution in [0, 0.1) is 6.92 Å². The number of carbonyl (C=O) groups excluding carboxylic acids is 2. The van der Waals surface area contributed by atoms with Crippen LogP contribution < -0.4 is 10.6 Å². The van der Waals surface area contributed by atoms with Crippen molar-refractivity contribution in [3.63, 3.8) is 0 Å². The number of aromatic nitrogens is 1. The number of pyridine rings is 1. The van der Waals surface area contributed by atoms with Crippen molar-refractivity contribution >= 4 is 32.3 Å². The van der Waals surface area contributed by atoms with Crippen LogP contribution in [0.25, 0.3) is 0 Å². The van der Waals surface area contributed by atoms with Crippen LogP contribution in [0.2, 0.25) is 0 Å². The average molecular weight is 589 g/mol. The summed E-state index contributed by atoms with van der Waals surface area (Å²) in [6.07, 6.45) is -1.13. The summed E-state index contributed by atoms with van der Waals surface area (Å²) in [6, 6.07) is -1.44. The van der Waals surface area contributed by atoms with E-state index in [4.69, 9.17) is 9.63 Å². The van der Waals surface area contributed by atoms with Crippen molar-refractivity contribution in [2.24, 2.45) is 0 Å². The second-order valence-electron chi connectivity index (χ2n) is 8.74. The number of quaternary nitrogens is 1. The van der Waals surface area contributed by atoms with Gasteiger partial charge in [0.15, 0.2) is 30.5 Å². The SMILES string of the molecule is Cc1ncc(C(OP(=O)(O)O)[N+]2(C(CNCC(=O)O)NCC(=O)O)C=C(CO)C(C=O)=C(O)C2C)c(C=O)c1O. The fourth-order valence-corrected chi connectivity index (χ4v) is 5.01. The fraction of sp³-hybridized carbons (Fsp3) is 0.409. The first-order valence-corrected chi connectivity index (χ1v) is 13.0. The monoisotopic (exact) mass is 589 g/mol. The van der Waals surface area contributed by atoms with E-state index in [1.165, 1.54) is 13.8 Å². The maximum absolute atomic E-state index is 12.3. The number of nitrogens with zero attached hydrogens (tertiary/aromatic N) is 2. The molecule has 17 nitrogen and oxygen atoms in total. The summed E-state index contributed by atoms with van der Waals surface area (Å²) in [6.45, 7) is -0.228. The second-order valence-corrected chi connectivity index (χ2v) is 9.93. The van der Waals surface area contributed by atoms with E-state index in [2.05, 4.69) is 15.6 Å². The molecule has 4 atom stereocenters. The number of hydrogen-bond donors (Lipinski definition) is 9. The lowest BCUT2D eigenvalue weighted by molar-refractivity contribution is -0.972. The maximum Gasteiger partial charge on any atom is 0.474 e. The van der Waals surface area contributed by atoms with Crippen molar-refractivity contribution in [1.29, 1.82) is 0 Å². The Labute approximate surface area is 226 Å². The lowest BCUT2D eigenvalue weighted by atomic mass is 9.93. The molecular weight excluding hydrogens is 559 g/mol. The molecule has 40 heavy (non-hydrogen) atoms. The van der Waals surface area contributed by atoms with Gasteiger partial charge in [-0.2, -0.15) is 0 Å². The zero-order chi connectivity index (χ0) is 30.4. The highest BCUT2D eigenvalue weighted by atomic mass is 31.2. The van der Waals surface area contributed by atoms with E-state index < -0.39 is 91.6 Å². The number of nitrogens with one attached hydrogen (secondary N) is 2. The van der Waals surface area contributed by atoms with Crippen molar-refractivity contribution in [3.8, 4) is 5.75 Å². The van der Waals surface area contributed by atoms with Crippen LogP contribution in [-0.4, -0.2) is 108 Å². The standard InChI is InChI=1S/C22H29N4O13P/c1-11-20(34)16(10-29)14(3-24-11)22(39-40(36,37)38)26(7-13(8-27)15(9-28)21(35)12(26)2)17(25-6-19(32)33)4-23-5-18(30)31/h3,7,9-10,12,17,22-23,25,27H,4-6,8H2,1-2H3,(H5-,28,29,30,31,32,33,34,35,36,37,38)/p+1. The molecule has 0 saturated heterocycles. The molecule has 9 N–H and O–H groups in total. The predicted molar refractivity (Wildman–Crippen MR) is 132 cm³/mol. The first-order valence-electron chi connectivity index (χ1n) is 11.5. The summed E-state index contributed by atoms with van der Waals surface area (Å²) in [5.74, 6) is -4.10. The Hall–Kier alpha value is -3.54. The van der Waals surface area contributed by atoms with E-state index in [0.717, 1.165) is 12.4 Å². The average Bonchev–Trinajstić information content (AvgIpc) is 2.87. The van der Waals surface area contributed by atoms with E-state index in [1.54, 1.807) is 0 Å². The number of rotatable bonds is 15. The number of phosphoric ester groups is 1. The van der Waals surface area contributed by atoms with E-state index in [9.17, 15) is 54.0 Å². The lowest BCUT2D eigenvalue weighted by Gasteiger charge is -2.51. The molecule has 1 aromatic rings. The minimum atomic E-state index is -5.53. The van der Waals surface area contributed by atoms with Gasteiger partial charge in [-0.05, 0) is 13.8 Å². The smallest absolute Gasteiger partial charge is 0.474 e. The van der Waals surface area contributed by atoms with Crippen molar-refractivity contribution in [1.82, 2.24) is 15.6 Å². The molecule has 18 heteroatoms. The van der Waals surface area contributed by atoms with Crippen molar-refractivity contribution in [2.75, 3.05) is 26.2 Å². The highest BCUT2D eigenvalue weighted by molar-refractivity contribution is 7.46. The number of aromatic hydroxyl groups is 1. The van der Waals surface area contributed by atoms with Gasteiger partial charge in [0.1, 0.15) is 11.9 Å². The molecule has 0 radical (unpaired) electrons. The predicted octanol–water partition coefficient (Wildman–Crippen LogP) is -1.20. The van der Waals surface area contributed by atoms with E-state index in [0.29, 0.717) is 0 Å². The number of phosphoric acid groups is 1. The third-order valence-electron chi connectivity index (χ3n) is 6.33. The Morgan fingerprint density at radius 1 is 1.18 bits per heavy atom. The zero-order valence-corrected chi connectivity index (χ0v) is 22.2. The summed E-state index contributed by atoms with van der Waals surface area (Å²) in [4.78, 5) is 70.3. The van der Waals surface area contributed by atoms with Crippen LogP contribution in [0.15, 0.2) is 29.3 Å². The van der Waals surface area contributed by atoms with Crippen molar-refractivity contribution in [3.05, 3.63) is 46.1 Å². The molecule has 2 heterocycles. The minimum Gasteiger partial charge on any atom is -0.506 e. The van der Waals surface area contributed by atoms with Crippen LogP contribution in [0.5, 0.6) is 5.75 Å². The Morgan fingerprint density at radius 2 is 1.80 bits per heavy atom. The quantitative estimate of drug-likeness (QED) is 0.0660. The number of carbonyl (C=O) groups is 4. The van der Waals surface area contributed by atoms with Gasteiger partial charge in [-0.15, -0.1) is 0 Å². The normalized spacial score (nSPS) is 20.9. The maximum atomic E-state index is 12.3. The number of aryl methyl sites for hydroxylation is 1. The third kappa shape index (κ3) is 6.96. The number of carboxylic acids is 2. The first kappa shape index (κ1) is 32.7. The number of aliphatic hydroxyl groups excluding tert-OH is 2. The molecule has 0 aromatic carbocycles. The van der Waals surface area contributed by atoms with E-state index >= 15 is 0 Å². The Kier molecular flexibility index (Phi) is 10.8. The van der Waals surface area contributed by atoms with Gasteiger partial charge in [-0.25, -0.2) is 13.6 Å². The third-order valence-corrected chi connectivity index (χ3v) is 6.81. The minimum absolute atomic E-state index is 0.0414. The van der Waals surface area contributed by atoms with Gasteiger partial charge in [-0.1, -0.05) is 0 Å². The van der Waals surface area contributed by atoms with Crippen LogP contribution >= 0.6 is 7.82 Å². The van der Waals surface area contributed by atoms with Crippen LogP contribution in [0.3, 0.4) is 0 Å². The van der Waals surface area contributed by atoms with Gasteiger partial charge in [0.25, 0.3) is 0 Å². The molecule has 1 aliphatic rings. The highest BCUT2D eigenvalue weighted by Gasteiger charge is 2.56. The van der Waals surface area contributed by atoms with Crippen LogP contribution in [0.1, 0.15) is 34.8 Å². The van der Waals surface area contributed by atoms with Gasteiger partial charge in [0.05, 0.1) is 48.6 Å². The lowest BCUT2D eigenvalue weighted by Crippen LogP contribution is -2.68. The largest absolute Gasteiger partial charge is 0.506 e. The number of aliphatic carboxylic acids is 2. The molecule has 0 fully saturated rings. The summed E-state index contributed by atoms with van der Waals surface area (Å²) in [7, 11) is -5.53. The molecule has 0 amide bonds. The highest BCUT2D eigenvalue weighted by Crippen LogP contribution is 2.51. The van der Waals surface area contributed by atoms with Gasteiger partial charge >= 0.3 is 19.8 Å². The Bertz CT molecular complexity index is 1280. The van der Waals surface area contributed by atoms with Crippen molar-refractivity contribution in [2.45, 2.75) is 32.3 Å². The summed E-state index contributed by atoms with van der Waals surface area (Å²) >= 11 is 0. The molecule has 0 spiro atoms. The molecule has 220 valence electrons. The van der Waals surface area contributed by atoms with Crippen LogP contribution in [0.4, 0.5) is 0 Å². The van der Waals surface area contributed by atoms with Gasteiger partial charge < -0.3 is 40.6 Å². The molecule has 1 aliphatic heterocycles. The number of aldehydes is 2. The molecular formula is C22H30N4O13P+. The summed E-state index contributed by atoms with van der Waals surface area (Å²) in [5, 5.41) is 55.3. The van der Waals surface area contributed by atoms with Gasteiger partial charge in [0.2, 0.25) is 6.23 Å². The number of carboxylic acid groups (broad SMARTS) is 2. The molecule has 1 aromatic heterocycles. The van der Waals surface area contributed by atoms with Gasteiger partial charge in [0, 0.05) is 11.8 Å². The fourth-order valence-electron chi connectivity index (χ4n) is 4.48. The molecule has 0 saturated carbocycles. The van der Waals surface area contributed by atoms with Gasteiger partial charge in [-0.3, -0.25) is 29.5 Å². The number of hydrogen-bond acceptors (Lipinski definition) is 12. The molecule has 2 rings (SSSR count). The second kappa shape index (κ2) is 13.2. The zero-order valence-electron chi connectivity index (χ0n) is 21.3. The molecule has 0 bridgehead atoms. The summed E-state index contributed by atoms with van der Waals surface area (Å²) in [5.41, 5.74) is -1.64. The molecule has 4 unspecified atom stereocenters. The Balaban J connectivity index is 3.06. The summed E-state index contributed by atoms with van der Waals surface area (Å²) < 4.78 is 16.3. The van der Waals surface area contributed by atoms with E-state index in [-0.39, 0.29) is 29.4 Å². The number of aliphatic hydroxyl groups is 2. The molecule has 0 aliphatic carbocycles. The first-order chi connectivity index (χ1) is 18.6. The van der Waals surface area contributed by atoms with Crippen LogP contribution in [-0.2, 0) is 23.5 Å².